The normalized spacial score (nSPS) is 10.8. The molecule has 1 N–H and O–H groups in total. The fraction of sp³-hybridized carbons (Fsp3) is 0.231. The average molecular weight is 475 g/mol. The lowest BCUT2D eigenvalue weighted by molar-refractivity contribution is -0.141. The predicted octanol–water partition coefficient (Wildman–Crippen LogP) is 3.56. The van der Waals surface area contributed by atoms with Crippen LogP contribution >= 0.6 is 0 Å². The third kappa shape index (κ3) is 5.24. The van der Waals surface area contributed by atoms with Gasteiger partial charge < -0.3 is 19.4 Å². The number of fused-ring (bicyclic) bond motifs is 1. The summed E-state index contributed by atoms with van der Waals surface area (Å²) in [6.07, 6.45) is 0. The molecule has 0 fully saturated rings. The largest absolute Gasteiger partial charge is 0.468 e. The summed E-state index contributed by atoms with van der Waals surface area (Å²) in [5, 5.41) is 5.24. The van der Waals surface area contributed by atoms with Crippen molar-refractivity contribution in [3.8, 4) is 11.3 Å². The van der Waals surface area contributed by atoms with Crippen LogP contribution in [-0.2, 0) is 27.9 Å². The van der Waals surface area contributed by atoms with Crippen LogP contribution in [0.3, 0.4) is 0 Å². The van der Waals surface area contributed by atoms with Crippen LogP contribution in [0.15, 0.2) is 60.7 Å². The minimum Gasteiger partial charge on any atom is -0.468 e. The number of methoxy groups -OCH3 is 1. The van der Waals surface area contributed by atoms with Crippen molar-refractivity contribution in [3.63, 3.8) is 0 Å². The van der Waals surface area contributed by atoms with Gasteiger partial charge in [0.1, 0.15) is 12.2 Å². The molecule has 0 unspecified atom stereocenters. The van der Waals surface area contributed by atoms with E-state index in [2.05, 4.69) is 10.1 Å². The van der Waals surface area contributed by atoms with E-state index in [0.29, 0.717) is 18.0 Å². The van der Waals surface area contributed by atoms with Crippen molar-refractivity contribution in [1.82, 2.24) is 19.7 Å². The Kier molecular flexibility index (Phi) is 6.96. The van der Waals surface area contributed by atoms with Crippen molar-refractivity contribution < 1.29 is 23.9 Å². The van der Waals surface area contributed by atoms with Gasteiger partial charge in [-0.3, -0.25) is 14.3 Å². The summed E-state index contributed by atoms with van der Waals surface area (Å²) >= 11 is 0. The highest BCUT2D eigenvalue weighted by Crippen LogP contribution is 2.26. The lowest BCUT2D eigenvalue weighted by atomic mass is 10.1. The second kappa shape index (κ2) is 10.3. The molecule has 2 heterocycles. The summed E-state index contributed by atoms with van der Waals surface area (Å²) in [6, 6.07) is 18.5. The van der Waals surface area contributed by atoms with Gasteiger partial charge in [-0.25, -0.2) is 4.79 Å². The highest BCUT2D eigenvalue weighted by molar-refractivity contribution is 5.97. The van der Waals surface area contributed by atoms with Crippen molar-refractivity contribution in [2.75, 3.05) is 20.3 Å². The molecule has 9 nitrogen and oxygen atoms in total. The number of hydrogen-bond acceptors (Lipinski definition) is 6. The minimum atomic E-state index is -0.513. The van der Waals surface area contributed by atoms with Crippen molar-refractivity contribution >= 4 is 28.7 Å². The van der Waals surface area contributed by atoms with E-state index in [1.165, 1.54) is 12.0 Å². The molecule has 35 heavy (non-hydrogen) atoms. The maximum atomic E-state index is 13.3. The number of aryl methyl sites for hydroxylation is 1. The van der Waals surface area contributed by atoms with E-state index in [1.807, 2.05) is 48.5 Å². The quantitative estimate of drug-likeness (QED) is 0.392. The van der Waals surface area contributed by atoms with Gasteiger partial charge in [-0.1, -0.05) is 36.4 Å². The summed E-state index contributed by atoms with van der Waals surface area (Å²) in [7, 11) is 3.04. The molecule has 0 bridgehead atoms. The van der Waals surface area contributed by atoms with Crippen molar-refractivity contribution in [1.29, 1.82) is 0 Å². The summed E-state index contributed by atoms with van der Waals surface area (Å²) < 4.78 is 11.5. The Labute approximate surface area is 202 Å². The molecule has 0 aliphatic heterocycles. The van der Waals surface area contributed by atoms with Crippen LogP contribution in [-0.4, -0.2) is 57.8 Å². The van der Waals surface area contributed by atoms with Gasteiger partial charge in [-0.2, -0.15) is 5.10 Å². The lowest BCUT2D eigenvalue weighted by Gasteiger charge is -2.20. The summed E-state index contributed by atoms with van der Waals surface area (Å²) in [5.41, 5.74) is 3.80. The minimum absolute atomic E-state index is 0.192. The van der Waals surface area contributed by atoms with Crippen LogP contribution in [0.5, 0.6) is 0 Å². The fourth-order valence-corrected chi connectivity index (χ4v) is 3.84. The molecule has 1 amide bonds. The Morgan fingerprint density at radius 1 is 1.06 bits per heavy atom. The Balaban J connectivity index is 1.62. The number of hydrogen-bond donors (Lipinski definition) is 1. The Hall–Kier alpha value is -4.40. The molecule has 9 heteroatoms. The maximum absolute atomic E-state index is 13.3. The van der Waals surface area contributed by atoms with E-state index in [1.54, 1.807) is 30.8 Å². The standard InChI is InChI=1S/C26H26N4O5/c1-4-35-26(33)22-13-19-12-18(10-11-20(19)27-22)23-14-21(28-29(23)2)25(32)30(16-24(31)34-3)15-17-8-6-5-7-9-17/h5-14,27H,4,15-16H2,1-3H3. The van der Waals surface area contributed by atoms with E-state index < -0.39 is 11.9 Å². The number of aromatic nitrogens is 3. The second-order valence-corrected chi connectivity index (χ2v) is 7.97. The molecule has 0 aliphatic rings. The molecule has 0 atom stereocenters. The van der Waals surface area contributed by atoms with Crippen LogP contribution in [0.2, 0.25) is 0 Å². The lowest BCUT2D eigenvalue weighted by Crippen LogP contribution is -2.36. The van der Waals surface area contributed by atoms with E-state index in [4.69, 9.17) is 9.47 Å². The van der Waals surface area contributed by atoms with Crippen LogP contribution < -0.4 is 0 Å². The highest BCUT2D eigenvalue weighted by atomic mass is 16.5. The third-order valence-corrected chi connectivity index (χ3v) is 5.56. The van der Waals surface area contributed by atoms with Crippen LogP contribution in [0, 0.1) is 0 Å². The summed E-state index contributed by atoms with van der Waals surface area (Å²) in [6.45, 7) is 2.10. The average Bonchev–Trinajstić information content (AvgIpc) is 3.47. The topological polar surface area (TPSA) is 107 Å². The van der Waals surface area contributed by atoms with Gasteiger partial charge in [-0.15, -0.1) is 0 Å². The molecule has 180 valence electrons. The van der Waals surface area contributed by atoms with Gasteiger partial charge in [-0.05, 0) is 36.8 Å². The Morgan fingerprint density at radius 3 is 2.54 bits per heavy atom. The van der Waals surface area contributed by atoms with Gasteiger partial charge >= 0.3 is 11.9 Å². The maximum Gasteiger partial charge on any atom is 0.354 e. The summed E-state index contributed by atoms with van der Waals surface area (Å²) in [4.78, 5) is 41.8. The number of carbonyl (C=O) groups is 3. The molecule has 0 radical (unpaired) electrons. The summed E-state index contributed by atoms with van der Waals surface area (Å²) in [5.74, 6) is -1.31. The van der Waals surface area contributed by atoms with Crippen LogP contribution in [0.1, 0.15) is 33.5 Å². The number of rotatable bonds is 8. The van der Waals surface area contributed by atoms with E-state index in [0.717, 1.165) is 22.0 Å². The number of aromatic amines is 1. The van der Waals surface area contributed by atoms with Crippen LogP contribution in [0.25, 0.3) is 22.2 Å². The first-order valence-electron chi connectivity index (χ1n) is 11.1. The zero-order chi connectivity index (χ0) is 24.9. The molecule has 0 saturated carbocycles. The number of benzene rings is 2. The number of nitrogens with zero attached hydrogens (tertiary/aromatic N) is 3. The fourth-order valence-electron chi connectivity index (χ4n) is 3.84. The SMILES string of the molecule is CCOC(=O)c1cc2cc(-c3cc(C(=O)N(CC(=O)OC)Cc4ccccc4)nn3C)ccc2[nH]1. The molecule has 2 aromatic heterocycles. The van der Waals surface area contributed by atoms with Crippen molar-refractivity contribution in [3.05, 3.63) is 77.6 Å². The Morgan fingerprint density at radius 2 is 1.83 bits per heavy atom. The number of ether oxygens (including phenoxy) is 2. The number of esters is 2. The van der Waals surface area contributed by atoms with E-state index >= 15 is 0 Å². The predicted molar refractivity (Wildman–Crippen MR) is 130 cm³/mol. The molecule has 4 rings (SSSR count). The number of H-pyrrole nitrogens is 1. The molecule has 0 spiro atoms. The smallest absolute Gasteiger partial charge is 0.354 e. The number of carbonyl (C=O) groups excluding carboxylic acids is 3. The molecule has 0 saturated heterocycles. The monoisotopic (exact) mass is 474 g/mol. The van der Waals surface area contributed by atoms with Gasteiger partial charge in [0, 0.05) is 30.1 Å². The van der Waals surface area contributed by atoms with Gasteiger partial charge in [0.15, 0.2) is 5.69 Å². The van der Waals surface area contributed by atoms with Gasteiger partial charge in [0.25, 0.3) is 5.91 Å². The first-order chi connectivity index (χ1) is 16.9. The molecular weight excluding hydrogens is 448 g/mol. The zero-order valence-electron chi connectivity index (χ0n) is 19.8. The zero-order valence-corrected chi connectivity index (χ0v) is 19.8. The number of nitrogens with one attached hydrogen (secondary N) is 1. The van der Waals surface area contributed by atoms with E-state index in [-0.39, 0.29) is 24.7 Å². The molecule has 0 aliphatic carbocycles. The Bertz CT molecular complexity index is 1370. The van der Waals surface area contributed by atoms with E-state index in [9.17, 15) is 14.4 Å². The molecular formula is C26H26N4O5. The molecule has 4 aromatic rings. The van der Waals surface area contributed by atoms with Gasteiger partial charge in [0.05, 0.1) is 19.4 Å². The van der Waals surface area contributed by atoms with Crippen molar-refractivity contribution in [2.24, 2.45) is 7.05 Å². The number of amides is 1. The second-order valence-electron chi connectivity index (χ2n) is 7.97. The van der Waals surface area contributed by atoms with Gasteiger partial charge in [0.2, 0.25) is 0 Å². The van der Waals surface area contributed by atoms with Crippen molar-refractivity contribution in [2.45, 2.75) is 13.5 Å². The first-order valence-corrected chi connectivity index (χ1v) is 11.1. The highest BCUT2D eigenvalue weighted by Gasteiger charge is 2.23. The third-order valence-electron chi connectivity index (χ3n) is 5.56. The molecule has 2 aromatic carbocycles. The van der Waals surface area contributed by atoms with Crippen LogP contribution in [0.4, 0.5) is 0 Å². The first kappa shape index (κ1) is 23.7.